The fourth-order valence-corrected chi connectivity index (χ4v) is 3.58. The van der Waals surface area contributed by atoms with Crippen molar-refractivity contribution in [3.63, 3.8) is 0 Å². The molecule has 0 aromatic heterocycles. The summed E-state index contributed by atoms with van der Waals surface area (Å²) in [5, 5.41) is 0. The van der Waals surface area contributed by atoms with Crippen LogP contribution >= 0.6 is 0 Å². The molecule has 3 unspecified atom stereocenters. The van der Waals surface area contributed by atoms with E-state index in [-0.39, 0.29) is 35.4 Å². The van der Waals surface area contributed by atoms with Gasteiger partial charge in [-0.15, -0.1) is 0 Å². The molecule has 1 saturated carbocycles. The second-order valence-corrected chi connectivity index (χ2v) is 6.57. The Morgan fingerprint density at radius 2 is 1.94 bits per heavy atom. The predicted molar refractivity (Wildman–Crippen MR) is 67.8 cm³/mol. The molecule has 3 atom stereocenters. The Balaban J connectivity index is 1.91. The SMILES string of the molecule is CCC1C(=O)N2CCCC2C(=O)N1C1CC1(C)C. The van der Waals surface area contributed by atoms with E-state index in [2.05, 4.69) is 13.8 Å². The predicted octanol–water partition coefficient (Wildman–Crippen LogP) is 1.40. The molecule has 3 aliphatic rings. The van der Waals surface area contributed by atoms with Gasteiger partial charge in [0.2, 0.25) is 11.8 Å². The summed E-state index contributed by atoms with van der Waals surface area (Å²) in [6.45, 7) is 7.15. The van der Waals surface area contributed by atoms with E-state index in [1.54, 1.807) is 0 Å². The van der Waals surface area contributed by atoms with Crippen LogP contribution in [0.2, 0.25) is 0 Å². The summed E-state index contributed by atoms with van der Waals surface area (Å²) in [5.74, 6) is 0.386. The lowest BCUT2D eigenvalue weighted by Crippen LogP contribution is -2.63. The minimum absolute atomic E-state index is 0.156. The van der Waals surface area contributed by atoms with Gasteiger partial charge >= 0.3 is 0 Å². The lowest BCUT2D eigenvalue weighted by Gasteiger charge is -2.43. The molecule has 100 valence electrons. The first kappa shape index (κ1) is 12.0. The van der Waals surface area contributed by atoms with Gasteiger partial charge in [0.15, 0.2) is 0 Å². The summed E-state index contributed by atoms with van der Waals surface area (Å²) in [7, 11) is 0. The molecule has 3 fully saturated rings. The zero-order valence-corrected chi connectivity index (χ0v) is 11.5. The average molecular weight is 250 g/mol. The third-order valence-electron chi connectivity index (χ3n) is 4.88. The third kappa shape index (κ3) is 1.50. The van der Waals surface area contributed by atoms with E-state index in [4.69, 9.17) is 0 Å². The van der Waals surface area contributed by atoms with Crippen LogP contribution < -0.4 is 0 Å². The second kappa shape index (κ2) is 3.72. The first-order valence-electron chi connectivity index (χ1n) is 7.10. The van der Waals surface area contributed by atoms with Crippen LogP contribution in [0.15, 0.2) is 0 Å². The monoisotopic (exact) mass is 250 g/mol. The van der Waals surface area contributed by atoms with Crippen LogP contribution in [0.25, 0.3) is 0 Å². The maximum Gasteiger partial charge on any atom is 0.246 e. The van der Waals surface area contributed by atoms with Crippen molar-refractivity contribution in [2.24, 2.45) is 5.41 Å². The van der Waals surface area contributed by atoms with Crippen LogP contribution in [0, 0.1) is 5.41 Å². The number of rotatable bonds is 2. The molecular formula is C14H22N2O2. The number of carbonyl (C=O) groups excluding carboxylic acids is 2. The van der Waals surface area contributed by atoms with E-state index in [1.807, 2.05) is 16.7 Å². The van der Waals surface area contributed by atoms with Gasteiger partial charge in [-0.3, -0.25) is 9.59 Å². The minimum Gasteiger partial charge on any atom is -0.329 e. The Morgan fingerprint density at radius 3 is 2.50 bits per heavy atom. The topological polar surface area (TPSA) is 40.6 Å². The molecule has 18 heavy (non-hydrogen) atoms. The van der Waals surface area contributed by atoms with Gasteiger partial charge in [-0.05, 0) is 31.1 Å². The Kier molecular flexibility index (Phi) is 2.48. The smallest absolute Gasteiger partial charge is 0.246 e. The highest BCUT2D eigenvalue weighted by atomic mass is 16.2. The van der Waals surface area contributed by atoms with Crippen molar-refractivity contribution in [2.75, 3.05) is 6.54 Å². The molecule has 2 aliphatic heterocycles. The van der Waals surface area contributed by atoms with Crippen molar-refractivity contribution in [1.82, 2.24) is 9.80 Å². The van der Waals surface area contributed by atoms with Gasteiger partial charge in [0.1, 0.15) is 12.1 Å². The summed E-state index contributed by atoms with van der Waals surface area (Å²) >= 11 is 0. The van der Waals surface area contributed by atoms with E-state index < -0.39 is 0 Å². The molecule has 4 nitrogen and oxygen atoms in total. The summed E-state index contributed by atoms with van der Waals surface area (Å²) in [6.07, 6.45) is 3.60. The fourth-order valence-electron chi connectivity index (χ4n) is 3.58. The molecule has 0 radical (unpaired) electrons. The van der Waals surface area contributed by atoms with Gasteiger partial charge in [0.05, 0.1) is 0 Å². The van der Waals surface area contributed by atoms with Gasteiger partial charge in [-0.25, -0.2) is 0 Å². The molecule has 3 rings (SSSR count). The molecule has 0 aromatic rings. The van der Waals surface area contributed by atoms with E-state index in [9.17, 15) is 9.59 Å². The lowest BCUT2D eigenvalue weighted by molar-refractivity contribution is -0.160. The summed E-state index contributed by atoms with van der Waals surface area (Å²) in [6, 6.07) is -0.0861. The third-order valence-corrected chi connectivity index (χ3v) is 4.88. The molecule has 1 aliphatic carbocycles. The summed E-state index contributed by atoms with van der Waals surface area (Å²) in [4.78, 5) is 28.8. The van der Waals surface area contributed by atoms with E-state index >= 15 is 0 Å². The molecule has 2 saturated heterocycles. The molecular weight excluding hydrogens is 228 g/mol. The van der Waals surface area contributed by atoms with Crippen molar-refractivity contribution in [1.29, 1.82) is 0 Å². The van der Waals surface area contributed by atoms with E-state index in [0.717, 1.165) is 32.2 Å². The number of carbonyl (C=O) groups is 2. The standard InChI is InChI=1S/C14H22N2O2/c1-4-9-12(17)15-7-5-6-10(15)13(18)16(9)11-8-14(11,2)3/h9-11H,4-8H2,1-3H3. The minimum atomic E-state index is -0.210. The number of hydrogen-bond acceptors (Lipinski definition) is 2. The van der Waals surface area contributed by atoms with Crippen molar-refractivity contribution in [3.05, 3.63) is 0 Å². The first-order chi connectivity index (χ1) is 8.47. The normalized spacial score (nSPS) is 38.1. The molecule has 2 heterocycles. The maximum atomic E-state index is 12.6. The number of hydrogen-bond donors (Lipinski definition) is 0. The largest absolute Gasteiger partial charge is 0.329 e. The summed E-state index contributed by atoms with van der Waals surface area (Å²) in [5.41, 5.74) is 0.199. The van der Waals surface area contributed by atoms with Crippen molar-refractivity contribution >= 4 is 11.8 Å². The Labute approximate surface area is 108 Å². The van der Waals surface area contributed by atoms with Crippen LogP contribution in [-0.4, -0.2) is 46.3 Å². The molecule has 4 heteroatoms. The number of amides is 2. The van der Waals surface area contributed by atoms with Crippen LogP contribution in [0.5, 0.6) is 0 Å². The van der Waals surface area contributed by atoms with Gasteiger partial charge in [0, 0.05) is 12.6 Å². The average Bonchev–Trinajstić information content (AvgIpc) is 2.79. The van der Waals surface area contributed by atoms with Crippen LogP contribution in [-0.2, 0) is 9.59 Å². The van der Waals surface area contributed by atoms with E-state index in [0.29, 0.717) is 0 Å². The van der Waals surface area contributed by atoms with Crippen molar-refractivity contribution < 1.29 is 9.59 Å². The van der Waals surface area contributed by atoms with E-state index in [1.165, 1.54) is 0 Å². The Bertz CT molecular complexity index is 405. The summed E-state index contributed by atoms with van der Waals surface area (Å²) < 4.78 is 0. The first-order valence-corrected chi connectivity index (χ1v) is 7.10. The highest BCUT2D eigenvalue weighted by molar-refractivity contribution is 5.97. The quantitative estimate of drug-likeness (QED) is 0.743. The van der Waals surface area contributed by atoms with Crippen LogP contribution in [0.4, 0.5) is 0 Å². The molecule has 0 bridgehead atoms. The van der Waals surface area contributed by atoms with Crippen LogP contribution in [0.1, 0.15) is 46.5 Å². The fraction of sp³-hybridized carbons (Fsp3) is 0.857. The molecule has 0 aromatic carbocycles. The molecule has 0 spiro atoms. The lowest BCUT2D eigenvalue weighted by atomic mass is 10.0. The zero-order chi connectivity index (χ0) is 13.1. The zero-order valence-electron chi connectivity index (χ0n) is 11.5. The van der Waals surface area contributed by atoms with Gasteiger partial charge in [-0.1, -0.05) is 20.8 Å². The molecule has 0 N–H and O–H groups in total. The highest BCUT2D eigenvalue weighted by Gasteiger charge is 2.58. The Hall–Kier alpha value is -1.06. The number of nitrogens with zero attached hydrogens (tertiary/aromatic N) is 2. The van der Waals surface area contributed by atoms with Gasteiger partial charge < -0.3 is 9.80 Å². The van der Waals surface area contributed by atoms with Gasteiger partial charge in [-0.2, -0.15) is 0 Å². The Morgan fingerprint density at radius 1 is 1.28 bits per heavy atom. The van der Waals surface area contributed by atoms with Crippen LogP contribution in [0.3, 0.4) is 0 Å². The van der Waals surface area contributed by atoms with Crippen molar-refractivity contribution in [3.8, 4) is 0 Å². The number of fused-ring (bicyclic) bond motifs is 1. The highest BCUT2D eigenvalue weighted by Crippen LogP contribution is 2.51. The van der Waals surface area contributed by atoms with Crippen molar-refractivity contribution in [2.45, 2.75) is 64.6 Å². The van der Waals surface area contributed by atoms with Gasteiger partial charge in [0.25, 0.3) is 0 Å². The molecule has 2 amide bonds. The number of piperazine rings is 1. The second-order valence-electron chi connectivity index (χ2n) is 6.57. The maximum absolute atomic E-state index is 12.6.